The lowest BCUT2D eigenvalue weighted by Gasteiger charge is -2.30. The molecule has 3 aromatic rings. The molecule has 2 aliphatic carbocycles. The van der Waals surface area contributed by atoms with Gasteiger partial charge in [-0.15, -0.1) is 0 Å². The van der Waals surface area contributed by atoms with Gasteiger partial charge in [0.05, 0.1) is 38.1 Å². The summed E-state index contributed by atoms with van der Waals surface area (Å²) >= 11 is 6.78. The summed E-state index contributed by atoms with van der Waals surface area (Å²) in [5, 5.41) is 61.5. The summed E-state index contributed by atoms with van der Waals surface area (Å²) in [6.45, 7) is 1.03. The van der Waals surface area contributed by atoms with E-state index in [1.54, 1.807) is 0 Å². The van der Waals surface area contributed by atoms with Crippen molar-refractivity contribution in [2.75, 3.05) is 32.8 Å². The van der Waals surface area contributed by atoms with E-state index in [-0.39, 0.29) is 19.3 Å². The Labute approximate surface area is 303 Å². The Morgan fingerprint density at radius 2 is 1.76 bits per heavy atom. The molecule has 2 fully saturated rings. The number of pyridine rings is 1. The molecule has 2 saturated carbocycles. The van der Waals surface area contributed by atoms with Crippen molar-refractivity contribution in [1.82, 2.24) is 15.2 Å². The molecule has 13 heteroatoms. The maximum atomic E-state index is 12.7. The number of urea groups is 1. The average molecular weight is 728 g/mol. The van der Waals surface area contributed by atoms with E-state index in [4.69, 9.17) is 26.2 Å². The topological polar surface area (TPSA) is 185 Å². The van der Waals surface area contributed by atoms with E-state index in [1.807, 2.05) is 49.6 Å². The molecule has 0 spiro atoms. The van der Waals surface area contributed by atoms with Crippen molar-refractivity contribution in [2.24, 2.45) is 0 Å². The number of aromatic nitrogens is 1. The monoisotopic (exact) mass is 727 g/mol. The first-order valence-electron chi connectivity index (χ1n) is 17.7. The van der Waals surface area contributed by atoms with Crippen LogP contribution in [-0.2, 0) is 23.4 Å². The summed E-state index contributed by atoms with van der Waals surface area (Å²) in [7, 11) is 0. The lowest BCUT2D eigenvalue weighted by atomic mass is 9.96. The van der Waals surface area contributed by atoms with Crippen LogP contribution in [0.1, 0.15) is 60.8 Å². The van der Waals surface area contributed by atoms with Gasteiger partial charge in [0, 0.05) is 41.6 Å². The molecule has 7 N–H and O–H groups in total. The molecule has 0 radical (unpaired) electrons. The molecule has 2 aliphatic rings. The number of benzene rings is 2. The Bertz CT molecular complexity index is 1600. The third-order valence-corrected chi connectivity index (χ3v) is 9.91. The Balaban J connectivity index is 1.12. The van der Waals surface area contributed by atoms with Crippen molar-refractivity contribution in [1.29, 1.82) is 0 Å². The first-order chi connectivity index (χ1) is 24.6. The first-order valence-corrected chi connectivity index (χ1v) is 18.0. The molecular formula is C38H50ClN3O9. The summed E-state index contributed by atoms with van der Waals surface area (Å²) < 4.78 is 12.9. The van der Waals surface area contributed by atoms with Gasteiger partial charge < -0.3 is 50.3 Å². The second-order valence-corrected chi connectivity index (χ2v) is 14.0. The smallest absolute Gasteiger partial charge is 0.317 e. The molecule has 0 bridgehead atoms. The number of amides is 2. The number of ether oxygens (including phenoxy) is 2. The minimum Gasteiger partial charge on any atom is -0.490 e. The first kappa shape index (κ1) is 38.9. The number of para-hydroxylation sites is 1. The molecule has 1 heterocycles. The van der Waals surface area contributed by atoms with Gasteiger partial charge in [-0.3, -0.25) is 4.98 Å². The van der Waals surface area contributed by atoms with Gasteiger partial charge in [0.1, 0.15) is 30.2 Å². The molecule has 2 aromatic carbocycles. The Morgan fingerprint density at radius 3 is 2.47 bits per heavy atom. The van der Waals surface area contributed by atoms with Gasteiger partial charge in [-0.1, -0.05) is 35.9 Å². The average Bonchev–Trinajstić information content (AvgIpc) is 4.08. The summed E-state index contributed by atoms with van der Waals surface area (Å²) in [5.74, 6) is 0.883. The number of nitrogens with zero attached hydrogens (tertiary/aromatic N) is 2. The van der Waals surface area contributed by atoms with Crippen LogP contribution >= 0.6 is 11.6 Å². The van der Waals surface area contributed by atoms with Gasteiger partial charge in [-0.25, -0.2) is 4.79 Å². The highest BCUT2D eigenvalue weighted by Gasteiger charge is 2.48. The van der Waals surface area contributed by atoms with Crippen molar-refractivity contribution in [2.45, 2.75) is 94.6 Å². The zero-order chi connectivity index (χ0) is 36.5. The number of carbonyl (C=O) groups excluding carboxylic acids is 1. The summed E-state index contributed by atoms with van der Waals surface area (Å²) in [6, 6.07) is 13.7. The normalized spacial score (nSPS) is 17.3. The van der Waals surface area contributed by atoms with Gasteiger partial charge >= 0.3 is 6.03 Å². The lowest BCUT2D eigenvalue weighted by molar-refractivity contribution is -0.118. The largest absolute Gasteiger partial charge is 0.490 e. The minimum atomic E-state index is -1.81. The van der Waals surface area contributed by atoms with Crippen molar-refractivity contribution in [3.63, 3.8) is 0 Å². The molecule has 12 nitrogen and oxygen atoms in total. The minimum absolute atomic E-state index is 0.115. The molecule has 2 amide bonds. The number of halogens is 1. The van der Waals surface area contributed by atoms with E-state index in [0.717, 1.165) is 82.6 Å². The standard InChI is InChI=1S/C38H50ClN3O9/c1-24-18-26(23-50-38(12-13-38)30-20-40-15-11-28(30)29-7-2-3-8-34(29)51-27-9-10-27)31(39)19-25(24)6-4-5-14-41-37(49)42(16-17-43)21-32(45)35(47)36(48)33(46)22-44/h2-3,7-8,11,15,18-20,27,32-33,35-36,43-48H,4-6,9-10,12-14,16-17,21-23H2,1H3,(H,41,49)/t32-,33+,35+,36+/m0/s1. The summed E-state index contributed by atoms with van der Waals surface area (Å²) in [6.07, 6.45) is 3.23. The number of aryl methyl sites for hydroxylation is 2. The third-order valence-electron chi connectivity index (χ3n) is 9.56. The molecule has 4 atom stereocenters. The molecule has 1 aromatic heterocycles. The number of aliphatic hydroxyl groups excluding tert-OH is 6. The van der Waals surface area contributed by atoms with Gasteiger partial charge in [0.2, 0.25) is 0 Å². The third kappa shape index (κ3) is 10.2. The zero-order valence-electron chi connectivity index (χ0n) is 29.0. The Kier molecular flexibility index (Phi) is 13.7. The van der Waals surface area contributed by atoms with E-state index in [2.05, 4.69) is 22.4 Å². The fourth-order valence-electron chi connectivity index (χ4n) is 6.17. The SMILES string of the molecule is Cc1cc(COC2(c3cnccc3-c3ccccc3OC3CC3)CC2)c(Cl)cc1CCCCNC(=O)N(CCO)C[C@H](O)[C@@H](O)[C@H](O)[C@H](O)CO. The molecule has 5 rings (SSSR count). The predicted octanol–water partition coefficient (Wildman–Crippen LogP) is 3.22. The predicted molar refractivity (Wildman–Crippen MR) is 191 cm³/mol. The van der Waals surface area contributed by atoms with Crippen molar-refractivity contribution < 1.29 is 44.9 Å². The summed E-state index contributed by atoms with van der Waals surface area (Å²) in [4.78, 5) is 18.3. The number of unbranched alkanes of at least 4 members (excludes halogenated alkanes) is 1. The Morgan fingerprint density at radius 1 is 1.02 bits per heavy atom. The zero-order valence-corrected chi connectivity index (χ0v) is 29.7. The molecule has 0 unspecified atom stereocenters. The fourth-order valence-corrected chi connectivity index (χ4v) is 6.41. The lowest BCUT2D eigenvalue weighted by Crippen LogP contribution is -2.52. The van der Waals surface area contributed by atoms with Gasteiger partial charge in [-0.05, 0) is 92.3 Å². The number of hydrogen-bond acceptors (Lipinski definition) is 10. The van der Waals surface area contributed by atoms with Crippen molar-refractivity contribution >= 4 is 17.6 Å². The van der Waals surface area contributed by atoms with Gasteiger partial charge in [-0.2, -0.15) is 0 Å². The Hall–Kier alpha value is -3.33. The molecule has 51 heavy (non-hydrogen) atoms. The maximum Gasteiger partial charge on any atom is 0.317 e. The maximum absolute atomic E-state index is 12.7. The van der Waals surface area contributed by atoms with Gasteiger partial charge in [0.25, 0.3) is 0 Å². The highest BCUT2D eigenvalue weighted by Crippen LogP contribution is 2.53. The van der Waals surface area contributed by atoms with E-state index in [9.17, 15) is 30.3 Å². The van der Waals surface area contributed by atoms with Gasteiger partial charge in [0.15, 0.2) is 0 Å². The van der Waals surface area contributed by atoms with Crippen LogP contribution in [0.4, 0.5) is 4.79 Å². The highest BCUT2D eigenvalue weighted by atomic mass is 35.5. The number of carbonyl (C=O) groups is 1. The van der Waals surface area contributed by atoms with Crippen LogP contribution in [0.15, 0.2) is 54.9 Å². The molecule has 278 valence electrons. The van der Waals surface area contributed by atoms with Crippen LogP contribution < -0.4 is 10.1 Å². The molecule has 0 saturated heterocycles. The van der Waals surface area contributed by atoms with E-state index in [0.29, 0.717) is 24.6 Å². The van der Waals surface area contributed by atoms with Crippen LogP contribution in [0.25, 0.3) is 11.1 Å². The summed E-state index contributed by atoms with van der Waals surface area (Å²) in [5.41, 5.74) is 5.83. The van der Waals surface area contributed by atoms with E-state index < -0.39 is 49.2 Å². The number of nitrogens with one attached hydrogen (secondary N) is 1. The van der Waals surface area contributed by atoms with Crippen LogP contribution in [0.2, 0.25) is 5.02 Å². The van der Waals surface area contributed by atoms with Crippen molar-refractivity contribution in [3.8, 4) is 16.9 Å². The second-order valence-electron chi connectivity index (χ2n) is 13.5. The fraction of sp³-hybridized carbons (Fsp3) is 0.526. The number of rotatable bonds is 20. The van der Waals surface area contributed by atoms with E-state index >= 15 is 0 Å². The van der Waals surface area contributed by atoms with Crippen LogP contribution in [0.5, 0.6) is 5.75 Å². The van der Waals surface area contributed by atoms with Crippen molar-refractivity contribution in [3.05, 3.63) is 82.1 Å². The second kappa shape index (κ2) is 17.9. The quantitative estimate of drug-likeness (QED) is 0.0853. The highest BCUT2D eigenvalue weighted by molar-refractivity contribution is 6.31. The number of aliphatic hydroxyl groups is 6. The van der Waals surface area contributed by atoms with Crippen LogP contribution in [0, 0.1) is 6.92 Å². The van der Waals surface area contributed by atoms with E-state index in [1.165, 1.54) is 0 Å². The van der Waals surface area contributed by atoms with Crippen LogP contribution in [-0.4, -0.2) is 110 Å². The number of hydrogen-bond donors (Lipinski definition) is 7. The molecular weight excluding hydrogens is 678 g/mol. The molecule has 0 aliphatic heterocycles. The van der Waals surface area contributed by atoms with Crippen LogP contribution in [0.3, 0.4) is 0 Å².